The van der Waals surface area contributed by atoms with Gasteiger partial charge in [0, 0.05) is 22.3 Å². The van der Waals surface area contributed by atoms with Gasteiger partial charge in [-0.2, -0.15) is 0 Å². The van der Waals surface area contributed by atoms with Gasteiger partial charge in [0.2, 0.25) is 0 Å². The van der Waals surface area contributed by atoms with Crippen molar-refractivity contribution in [3.8, 4) is 0 Å². The number of nitrogens with one attached hydrogen (secondary N) is 1. The average Bonchev–Trinajstić information content (AvgIpc) is 2.50. The maximum Gasteiger partial charge on any atom is 0.128 e. The average molecular weight is 303 g/mol. The fourth-order valence-corrected chi connectivity index (χ4v) is 3.13. The third kappa shape index (κ3) is 4.87. The molecule has 0 radical (unpaired) electrons. The van der Waals surface area contributed by atoms with Gasteiger partial charge in [0.15, 0.2) is 0 Å². The van der Waals surface area contributed by atoms with Gasteiger partial charge in [0.05, 0.1) is 0 Å². The molecule has 3 heteroatoms. The van der Waals surface area contributed by atoms with E-state index in [1.165, 1.54) is 16.5 Å². The topological polar surface area (TPSA) is 12.0 Å². The van der Waals surface area contributed by atoms with Crippen molar-refractivity contribution in [1.82, 2.24) is 5.32 Å². The van der Waals surface area contributed by atoms with E-state index < -0.39 is 0 Å². The number of thioether (sulfide) groups is 1. The molecule has 1 unspecified atom stereocenters. The minimum atomic E-state index is -0.129. The van der Waals surface area contributed by atoms with Crippen molar-refractivity contribution in [2.45, 2.75) is 31.2 Å². The van der Waals surface area contributed by atoms with Crippen LogP contribution in [0.4, 0.5) is 4.39 Å². The van der Waals surface area contributed by atoms with Crippen LogP contribution in [-0.4, -0.2) is 12.3 Å². The van der Waals surface area contributed by atoms with Crippen LogP contribution in [0.2, 0.25) is 0 Å². The fraction of sp³-hybridized carbons (Fsp3) is 0.333. The van der Waals surface area contributed by atoms with E-state index in [-0.39, 0.29) is 11.9 Å². The summed E-state index contributed by atoms with van der Waals surface area (Å²) in [5, 5.41) is 3.45. The van der Waals surface area contributed by atoms with E-state index in [1.54, 1.807) is 17.8 Å². The molecule has 0 saturated heterocycles. The number of halogens is 1. The quantitative estimate of drug-likeness (QED) is 0.725. The first kappa shape index (κ1) is 16.1. The lowest BCUT2D eigenvalue weighted by atomic mass is 10.1. The van der Waals surface area contributed by atoms with Crippen molar-refractivity contribution >= 4 is 11.8 Å². The molecule has 2 aromatic carbocycles. The highest BCUT2D eigenvalue weighted by atomic mass is 32.2. The molecule has 0 bridgehead atoms. The van der Waals surface area contributed by atoms with Gasteiger partial charge in [-0.1, -0.05) is 42.8 Å². The SMILES string of the molecule is CCCNC(CSc1ccc(C)cc1)c1ccccc1F. The Morgan fingerprint density at radius 2 is 1.81 bits per heavy atom. The molecule has 112 valence electrons. The summed E-state index contributed by atoms with van der Waals surface area (Å²) in [5.74, 6) is 0.694. The fourth-order valence-electron chi connectivity index (χ4n) is 2.15. The first-order valence-corrected chi connectivity index (χ1v) is 8.36. The van der Waals surface area contributed by atoms with Gasteiger partial charge in [0.1, 0.15) is 5.82 Å². The van der Waals surface area contributed by atoms with Crippen molar-refractivity contribution in [3.63, 3.8) is 0 Å². The van der Waals surface area contributed by atoms with Crippen LogP contribution in [0.15, 0.2) is 53.4 Å². The zero-order valence-corrected chi connectivity index (χ0v) is 13.4. The molecule has 1 atom stereocenters. The lowest BCUT2D eigenvalue weighted by Gasteiger charge is -2.19. The van der Waals surface area contributed by atoms with Crippen LogP contribution in [0, 0.1) is 12.7 Å². The molecule has 0 spiro atoms. The van der Waals surface area contributed by atoms with Crippen molar-refractivity contribution < 1.29 is 4.39 Å². The van der Waals surface area contributed by atoms with Crippen molar-refractivity contribution in [1.29, 1.82) is 0 Å². The van der Waals surface area contributed by atoms with Crippen LogP contribution in [0.3, 0.4) is 0 Å². The Morgan fingerprint density at radius 3 is 2.48 bits per heavy atom. The third-order valence-corrected chi connectivity index (χ3v) is 4.46. The van der Waals surface area contributed by atoms with Crippen molar-refractivity contribution in [3.05, 3.63) is 65.5 Å². The zero-order chi connectivity index (χ0) is 15.1. The normalized spacial score (nSPS) is 12.3. The molecule has 1 nitrogen and oxygen atoms in total. The second kappa shape index (κ2) is 8.20. The van der Waals surface area contributed by atoms with Crippen LogP contribution in [0.25, 0.3) is 0 Å². The molecular weight excluding hydrogens is 281 g/mol. The minimum absolute atomic E-state index is 0.0393. The van der Waals surface area contributed by atoms with Gasteiger partial charge in [-0.3, -0.25) is 0 Å². The van der Waals surface area contributed by atoms with E-state index >= 15 is 0 Å². The Kier molecular flexibility index (Phi) is 6.27. The minimum Gasteiger partial charge on any atom is -0.309 e. The molecule has 0 amide bonds. The molecule has 2 rings (SSSR count). The summed E-state index contributed by atoms with van der Waals surface area (Å²) < 4.78 is 14.0. The van der Waals surface area contributed by atoms with Crippen LogP contribution >= 0.6 is 11.8 Å². The van der Waals surface area contributed by atoms with E-state index in [0.717, 1.165) is 24.3 Å². The highest BCUT2D eigenvalue weighted by Gasteiger charge is 2.14. The van der Waals surface area contributed by atoms with Crippen LogP contribution in [0.5, 0.6) is 0 Å². The highest BCUT2D eigenvalue weighted by Crippen LogP contribution is 2.26. The number of benzene rings is 2. The molecule has 0 aliphatic heterocycles. The molecule has 0 heterocycles. The largest absolute Gasteiger partial charge is 0.309 e. The monoisotopic (exact) mass is 303 g/mol. The van der Waals surface area contributed by atoms with Gasteiger partial charge in [-0.15, -0.1) is 11.8 Å². The summed E-state index contributed by atoms with van der Waals surface area (Å²) >= 11 is 1.76. The van der Waals surface area contributed by atoms with Crippen LogP contribution < -0.4 is 5.32 Å². The summed E-state index contributed by atoms with van der Waals surface area (Å²) in [7, 11) is 0. The van der Waals surface area contributed by atoms with Gasteiger partial charge in [0.25, 0.3) is 0 Å². The molecule has 1 N–H and O–H groups in total. The molecule has 2 aromatic rings. The van der Waals surface area contributed by atoms with Gasteiger partial charge in [-0.25, -0.2) is 4.39 Å². The molecule has 0 aromatic heterocycles. The first-order valence-electron chi connectivity index (χ1n) is 7.38. The first-order chi connectivity index (χ1) is 10.2. The standard InChI is InChI=1S/C18H22FNS/c1-3-12-20-18(16-6-4-5-7-17(16)19)13-21-15-10-8-14(2)9-11-15/h4-11,18,20H,3,12-13H2,1-2H3. The maximum absolute atomic E-state index is 14.0. The predicted molar refractivity (Wildman–Crippen MR) is 89.3 cm³/mol. The Balaban J connectivity index is 2.06. The summed E-state index contributed by atoms with van der Waals surface area (Å²) in [6.45, 7) is 5.10. The van der Waals surface area contributed by atoms with Crippen LogP contribution in [0.1, 0.15) is 30.5 Å². The summed E-state index contributed by atoms with van der Waals surface area (Å²) in [6, 6.07) is 15.6. The molecule has 0 aliphatic rings. The second-order valence-corrected chi connectivity index (χ2v) is 6.25. The van der Waals surface area contributed by atoms with E-state index in [1.807, 2.05) is 12.1 Å². The predicted octanol–water partition coefficient (Wildman–Crippen LogP) is 4.97. The molecular formula is C18H22FNS. The molecule has 21 heavy (non-hydrogen) atoms. The number of aryl methyl sites for hydroxylation is 1. The molecule has 0 aliphatic carbocycles. The van der Waals surface area contributed by atoms with Gasteiger partial charge in [-0.05, 0) is 38.1 Å². The number of hydrogen-bond donors (Lipinski definition) is 1. The summed E-state index contributed by atoms with van der Waals surface area (Å²) in [6.07, 6.45) is 1.04. The Hall–Kier alpha value is -1.32. The van der Waals surface area contributed by atoms with E-state index in [9.17, 15) is 4.39 Å². The Labute approximate surface area is 131 Å². The number of rotatable bonds is 7. The van der Waals surface area contributed by atoms with Gasteiger partial charge < -0.3 is 5.32 Å². The van der Waals surface area contributed by atoms with E-state index in [4.69, 9.17) is 0 Å². The smallest absolute Gasteiger partial charge is 0.128 e. The Morgan fingerprint density at radius 1 is 1.10 bits per heavy atom. The maximum atomic E-state index is 14.0. The highest BCUT2D eigenvalue weighted by molar-refractivity contribution is 7.99. The van der Waals surface area contributed by atoms with Crippen LogP contribution in [-0.2, 0) is 0 Å². The Bertz CT molecular complexity index is 553. The van der Waals surface area contributed by atoms with Crippen molar-refractivity contribution in [2.24, 2.45) is 0 Å². The molecule has 0 fully saturated rings. The lowest BCUT2D eigenvalue weighted by molar-refractivity contribution is 0.532. The van der Waals surface area contributed by atoms with Gasteiger partial charge >= 0.3 is 0 Å². The third-order valence-electron chi connectivity index (χ3n) is 3.36. The van der Waals surface area contributed by atoms with E-state index in [0.29, 0.717) is 0 Å². The van der Waals surface area contributed by atoms with E-state index in [2.05, 4.69) is 43.4 Å². The molecule has 0 saturated carbocycles. The number of hydrogen-bond acceptors (Lipinski definition) is 2. The summed E-state index contributed by atoms with van der Waals surface area (Å²) in [4.78, 5) is 1.22. The summed E-state index contributed by atoms with van der Waals surface area (Å²) in [5.41, 5.74) is 2.01. The zero-order valence-electron chi connectivity index (χ0n) is 12.6. The second-order valence-electron chi connectivity index (χ2n) is 5.15. The lowest BCUT2D eigenvalue weighted by Crippen LogP contribution is -2.25. The van der Waals surface area contributed by atoms with Crippen molar-refractivity contribution in [2.75, 3.05) is 12.3 Å².